The van der Waals surface area contributed by atoms with Crippen LogP contribution in [0, 0.1) is 0 Å². The molecule has 1 heterocycles. The van der Waals surface area contributed by atoms with Crippen molar-refractivity contribution in [3.63, 3.8) is 0 Å². The molecule has 4 heteroatoms. The third kappa shape index (κ3) is 7.23. The van der Waals surface area contributed by atoms with Gasteiger partial charge in [0.1, 0.15) is 6.54 Å². The maximum absolute atomic E-state index is 10.2. The number of aliphatic carboxylic acids is 1. The molecular weight excluding hydrogens is 226 g/mol. The van der Waals surface area contributed by atoms with E-state index in [1.165, 1.54) is 0 Å². The van der Waals surface area contributed by atoms with Crippen LogP contribution in [0.15, 0.2) is 30.6 Å². The molecule has 1 aromatic heterocycles. The van der Waals surface area contributed by atoms with Crippen LogP contribution in [0.5, 0.6) is 0 Å². The number of aromatic nitrogens is 1. The number of pyridine rings is 1. The number of carboxylic acids is 1. The number of halogens is 1. The Morgan fingerprint density at radius 2 is 1.62 bits per heavy atom. The van der Waals surface area contributed by atoms with Crippen LogP contribution in [0.25, 0.3) is 0 Å². The van der Waals surface area contributed by atoms with Gasteiger partial charge in [-0.25, -0.2) is 4.57 Å². The van der Waals surface area contributed by atoms with Gasteiger partial charge in [-0.15, -0.1) is 0 Å². The largest absolute Gasteiger partial charge is 1.00 e. The average Bonchev–Trinajstić information content (AvgIpc) is 2.24. The molecule has 0 fully saturated rings. The molecule has 90 valence electrons. The monoisotopic (exact) mass is 243 g/mol. The third-order valence-electron chi connectivity index (χ3n) is 2.33. The zero-order valence-electron chi connectivity index (χ0n) is 9.31. The van der Waals surface area contributed by atoms with E-state index in [1.54, 1.807) is 0 Å². The molecule has 0 saturated carbocycles. The molecule has 1 N–H and O–H groups in total. The molecular formula is C12H18ClNO2. The topological polar surface area (TPSA) is 41.2 Å². The Bertz CT molecular complexity index is 290. The van der Waals surface area contributed by atoms with Crippen LogP contribution in [0.1, 0.15) is 32.1 Å². The number of nitrogens with zero attached hydrogens (tertiary/aromatic N) is 1. The quantitative estimate of drug-likeness (QED) is 0.494. The number of carboxylic acid groups (broad SMARTS) is 1. The lowest BCUT2D eigenvalue weighted by molar-refractivity contribution is -0.697. The Morgan fingerprint density at radius 3 is 2.25 bits per heavy atom. The molecule has 1 aromatic rings. The van der Waals surface area contributed by atoms with Crippen molar-refractivity contribution in [1.29, 1.82) is 0 Å². The minimum atomic E-state index is -0.688. The molecule has 0 aromatic carbocycles. The summed E-state index contributed by atoms with van der Waals surface area (Å²) in [6.45, 7) is 1.02. The fraction of sp³-hybridized carbons (Fsp3) is 0.500. The van der Waals surface area contributed by atoms with Gasteiger partial charge >= 0.3 is 5.97 Å². The number of aryl methyl sites for hydroxylation is 1. The number of carbonyl (C=O) groups is 1. The van der Waals surface area contributed by atoms with E-state index in [9.17, 15) is 4.79 Å². The van der Waals surface area contributed by atoms with Crippen LogP contribution in [-0.2, 0) is 11.3 Å². The molecule has 0 saturated heterocycles. The lowest BCUT2D eigenvalue weighted by atomic mass is 10.1. The smallest absolute Gasteiger partial charge is 0.303 e. The third-order valence-corrected chi connectivity index (χ3v) is 2.33. The van der Waals surface area contributed by atoms with Gasteiger partial charge in [0.15, 0.2) is 12.4 Å². The number of unbranched alkanes of at least 4 members (excludes halogenated alkanes) is 3. The number of hydrogen-bond acceptors (Lipinski definition) is 1. The van der Waals surface area contributed by atoms with Gasteiger partial charge < -0.3 is 17.5 Å². The first-order valence-electron chi connectivity index (χ1n) is 5.45. The van der Waals surface area contributed by atoms with Gasteiger partial charge in [0, 0.05) is 25.0 Å². The van der Waals surface area contributed by atoms with E-state index >= 15 is 0 Å². The second-order valence-electron chi connectivity index (χ2n) is 3.67. The zero-order chi connectivity index (χ0) is 10.9. The molecule has 0 radical (unpaired) electrons. The normalized spacial score (nSPS) is 9.50. The van der Waals surface area contributed by atoms with Gasteiger partial charge in [-0.1, -0.05) is 12.5 Å². The van der Waals surface area contributed by atoms with Gasteiger partial charge in [0.05, 0.1) is 0 Å². The van der Waals surface area contributed by atoms with Crippen molar-refractivity contribution in [3.05, 3.63) is 30.6 Å². The summed E-state index contributed by atoms with van der Waals surface area (Å²) in [6.07, 6.45) is 8.45. The summed E-state index contributed by atoms with van der Waals surface area (Å²) in [7, 11) is 0. The highest BCUT2D eigenvalue weighted by atomic mass is 35.5. The predicted molar refractivity (Wildman–Crippen MR) is 57.4 cm³/mol. The average molecular weight is 244 g/mol. The Labute approximate surface area is 103 Å². The number of hydrogen-bond donors (Lipinski definition) is 1. The van der Waals surface area contributed by atoms with E-state index in [-0.39, 0.29) is 12.4 Å². The van der Waals surface area contributed by atoms with E-state index in [0.717, 1.165) is 32.2 Å². The molecule has 16 heavy (non-hydrogen) atoms. The summed E-state index contributed by atoms with van der Waals surface area (Å²) in [6, 6.07) is 6.04. The van der Waals surface area contributed by atoms with Crippen molar-refractivity contribution in [1.82, 2.24) is 0 Å². The summed E-state index contributed by atoms with van der Waals surface area (Å²) in [5.74, 6) is -0.688. The van der Waals surface area contributed by atoms with Crippen molar-refractivity contribution >= 4 is 5.97 Å². The summed E-state index contributed by atoms with van der Waals surface area (Å²) in [5, 5.41) is 8.44. The lowest BCUT2D eigenvalue weighted by Gasteiger charge is -1.97. The first-order valence-corrected chi connectivity index (χ1v) is 5.45. The molecule has 0 unspecified atom stereocenters. The maximum atomic E-state index is 10.2. The van der Waals surface area contributed by atoms with Gasteiger partial charge in [0.2, 0.25) is 0 Å². The zero-order valence-corrected chi connectivity index (χ0v) is 10.1. The molecule has 0 bridgehead atoms. The molecule has 0 atom stereocenters. The van der Waals surface area contributed by atoms with Gasteiger partial charge in [-0.3, -0.25) is 4.79 Å². The number of rotatable bonds is 7. The van der Waals surface area contributed by atoms with Crippen molar-refractivity contribution in [3.8, 4) is 0 Å². The van der Waals surface area contributed by atoms with Crippen molar-refractivity contribution < 1.29 is 26.9 Å². The fourth-order valence-electron chi connectivity index (χ4n) is 1.51. The molecule has 1 rings (SSSR count). The summed E-state index contributed by atoms with van der Waals surface area (Å²) < 4.78 is 2.15. The molecule has 0 spiro atoms. The van der Waals surface area contributed by atoms with Crippen LogP contribution in [0.3, 0.4) is 0 Å². The van der Waals surface area contributed by atoms with Crippen LogP contribution < -0.4 is 17.0 Å². The fourth-order valence-corrected chi connectivity index (χ4v) is 1.51. The summed E-state index contributed by atoms with van der Waals surface area (Å²) in [5.41, 5.74) is 0. The van der Waals surface area contributed by atoms with Crippen molar-refractivity contribution in [2.75, 3.05) is 0 Å². The van der Waals surface area contributed by atoms with E-state index in [4.69, 9.17) is 5.11 Å². The van der Waals surface area contributed by atoms with Crippen molar-refractivity contribution in [2.24, 2.45) is 0 Å². The van der Waals surface area contributed by atoms with E-state index < -0.39 is 5.97 Å². The summed E-state index contributed by atoms with van der Waals surface area (Å²) >= 11 is 0. The molecule has 0 amide bonds. The second kappa shape index (κ2) is 9.16. The highest BCUT2D eigenvalue weighted by Gasteiger charge is 1.99. The van der Waals surface area contributed by atoms with Crippen LogP contribution in [0.4, 0.5) is 0 Å². The minimum Gasteiger partial charge on any atom is -1.00 e. The Kier molecular flexibility index (Phi) is 8.53. The van der Waals surface area contributed by atoms with Gasteiger partial charge in [0.25, 0.3) is 0 Å². The highest BCUT2D eigenvalue weighted by Crippen LogP contribution is 2.02. The Hall–Kier alpha value is -1.09. The minimum absolute atomic E-state index is 0. The van der Waals surface area contributed by atoms with Crippen LogP contribution in [-0.4, -0.2) is 11.1 Å². The maximum Gasteiger partial charge on any atom is 0.303 e. The van der Waals surface area contributed by atoms with Crippen molar-refractivity contribution in [2.45, 2.75) is 38.6 Å². The first kappa shape index (κ1) is 14.9. The molecule has 3 nitrogen and oxygen atoms in total. The van der Waals surface area contributed by atoms with Gasteiger partial charge in [-0.05, 0) is 12.8 Å². The Morgan fingerprint density at radius 1 is 1.00 bits per heavy atom. The standard InChI is InChI=1S/C12H17NO2.ClH/c14-12(15)8-4-1-2-5-9-13-10-6-3-7-11-13;/h3,6-7,10-11H,1-2,4-5,8-9H2;1H. The van der Waals surface area contributed by atoms with E-state index in [1.807, 2.05) is 18.2 Å². The summed E-state index contributed by atoms with van der Waals surface area (Å²) in [4.78, 5) is 10.2. The van der Waals surface area contributed by atoms with E-state index in [0.29, 0.717) is 6.42 Å². The van der Waals surface area contributed by atoms with Crippen LogP contribution in [0.2, 0.25) is 0 Å². The molecule has 0 aliphatic heterocycles. The van der Waals surface area contributed by atoms with E-state index in [2.05, 4.69) is 17.0 Å². The second-order valence-corrected chi connectivity index (χ2v) is 3.67. The molecule has 0 aliphatic rings. The predicted octanol–water partition coefficient (Wildman–Crippen LogP) is -0.987. The molecule has 0 aliphatic carbocycles. The van der Waals surface area contributed by atoms with Crippen LogP contribution >= 0.6 is 0 Å². The lowest BCUT2D eigenvalue weighted by Crippen LogP contribution is -3.00. The SMILES string of the molecule is O=C(O)CCCCCC[n+]1ccccc1.[Cl-]. The van der Waals surface area contributed by atoms with Gasteiger partial charge in [-0.2, -0.15) is 0 Å². The first-order chi connectivity index (χ1) is 7.29. The highest BCUT2D eigenvalue weighted by molar-refractivity contribution is 5.66. The Balaban J connectivity index is 0.00000225.